The Hall–Kier alpha value is -1.40. The van der Waals surface area contributed by atoms with Crippen molar-refractivity contribution in [2.75, 3.05) is 30.8 Å². The first-order valence-corrected chi connectivity index (χ1v) is 8.47. The summed E-state index contributed by atoms with van der Waals surface area (Å²) >= 11 is 1.63. The van der Waals surface area contributed by atoms with Gasteiger partial charge in [0.25, 0.3) is 0 Å². The number of aromatic nitrogens is 2. The van der Waals surface area contributed by atoms with Crippen LogP contribution in [-0.4, -0.2) is 35.3 Å². The molecule has 114 valence electrons. The standard InChI is InChI=1S/C15H22N4OS/c1-16-15-18-13(12-6-7-21-14(12)19-15)17-8-10-4-2-3-5-11(10)9-20/h6-7,10-11,20H,2-5,8-9H2,1H3,(H2,16,17,18,19). The quantitative estimate of drug-likeness (QED) is 0.792. The lowest BCUT2D eigenvalue weighted by Gasteiger charge is -2.30. The van der Waals surface area contributed by atoms with Gasteiger partial charge in [-0.15, -0.1) is 11.3 Å². The summed E-state index contributed by atoms with van der Waals surface area (Å²) in [4.78, 5) is 9.99. The molecule has 1 fully saturated rings. The van der Waals surface area contributed by atoms with Crippen molar-refractivity contribution in [2.24, 2.45) is 11.8 Å². The van der Waals surface area contributed by atoms with Gasteiger partial charge in [0.05, 0.1) is 5.39 Å². The Morgan fingerprint density at radius 1 is 1.29 bits per heavy atom. The van der Waals surface area contributed by atoms with Gasteiger partial charge in [-0.2, -0.15) is 4.98 Å². The van der Waals surface area contributed by atoms with E-state index in [1.54, 1.807) is 11.3 Å². The molecule has 0 aromatic carbocycles. The first kappa shape index (κ1) is 14.5. The SMILES string of the molecule is CNc1nc(NCC2CCCCC2CO)c2ccsc2n1. The molecule has 0 spiro atoms. The fourth-order valence-corrected chi connectivity index (χ4v) is 3.89. The highest BCUT2D eigenvalue weighted by Crippen LogP contribution is 2.31. The van der Waals surface area contributed by atoms with Crippen molar-refractivity contribution in [3.63, 3.8) is 0 Å². The minimum atomic E-state index is 0.297. The van der Waals surface area contributed by atoms with Crippen molar-refractivity contribution in [1.29, 1.82) is 0 Å². The number of rotatable bonds is 5. The van der Waals surface area contributed by atoms with E-state index in [9.17, 15) is 5.11 Å². The lowest BCUT2D eigenvalue weighted by Crippen LogP contribution is -2.28. The van der Waals surface area contributed by atoms with Crippen LogP contribution in [0.25, 0.3) is 10.2 Å². The second-order valence-electron chi connectivity index (χ2n) is 5.65. The average molecular weight is 306 g/mol. The maximum atomic E-state index is 9.52. The summed E-state index contributed by atoms with van der Waals surface area (Å²) in [5.74, 6) is 2.50. The molecule has 0 radical (unpaired) electrons. The van der Waals surface area contributed by atoms with Crippen LogP contribution in [0.15, 0.2) is 11.4 Å². The van der Waals surface area contributed by atoms with Crippen LogP contribution in [-0.2, 0) is 0 Å². The number of aliphatic hydroxyl groups is 1. The van der Waals surface area contributed by atoms with Gasteiger partial charge in [-0.1, -0.05) is 12.8 Å². The number of thiophene rings is 1. The number of aliphatic hydroxyl groups excluding tert-OH is 1. The number of anilines is 2. The van der Waals surface area contributed by atoms with E-state index in [2.05, 4.69) is 26.7 Å². The van der Waals surface area contributed by atoms with Crippen molar-refractivity contribution in [1.82, 2.24) is 9.97 Å². The van der Waals surface area contributed by atoms with Crippen LogP contribution in [0.5, 0.6) is 0 Å². The maximum Gasteiger partial charge on any atom is 0.225 e. The van der Waals surface area contributed by atoms with Crippen LogP contribution in [0.1, 0.15) is 25.7 Å². The van der Waals surface area contributed by atoms with Crippen molar-refractivity contribution in [2.45, 2.75) is 25.7 Å². The van der Waals surface area contributed by atoms with Gasteiger partial charge in [0, 0.05) is 20.2 Å². The molecule has 21 heavy (non-hydrogen) atoms. The topological polar surface area (TPSA) is 70.1 Å². The minimum Gasteiger partial charge on any atom is -0.396 e. The Morgan fingerprint density at radius 3 is 2.86 bits per heavy atom. The monoisotopic (exact) mass is 306 g/mol. The molecule has 2 atom stereocenters. The number of nitrogens with zero attached hydrogens (tertiary/aromatic N) is 2. The first-order chi connectivity index (χ1) is 10.3. The molecular weight excluding hydrogens is 284 g/mol. The molecule has 2 heterocycles. The van der Waals surface area contributed by atoms with Crippen LogP contribution in [0, 0.1) is 11.8 Å². The van der Waals surface area contributed by atoms with Gasteiger partial charge in [0.15, 0.2) is 0 Å². The third-order valence-electron chi connectivity index (χ3n) is 4.38. The second-order valence-corrected chi connectivity index (χ2v) is 6.55. The van der Waals surface area contributed by atoms with E-state index in [0.717, 1.165) is 29.0 Å². The molecule has 2 unspecified atom stereocenters. The van der Waals surface area contributed by atoms with Gasteiger partial charge in [-0.05, 0) is 36.1 Å². The van der Waals surface area contributed by atoms with E-state index < -0.39 is 0 Å². The molecule has 2 aromatic rings. The predicted molar refractivity (Wildman–Crippen MR) is 88.0 cm³/mol. The first-order valence-electron chi connectivity index (χ1n) is 7.59. The molecule has 0 saturated heterocycles. The molecule has 2 aromatic heterocycles. The normalized spacial score (nSPS) is 22.4. The Labute approximate surface area is 128 Å². The Balaban J connectivity index is 1.76. The highest BCUT2D eigenvalue weighted by molar-refractivity contribution is 7.16. The van der Waals surface area contributed by atoms with Crippen LogP contribution in [0.4, 0.5) is 11.8 Å². The maximum absolute atomic E-state index is 9.52. The summed E-state index contributed by atoms with van der Waals surface area (Å²) in [5, 5.41) is 19.1. The highest BCUT2D eigenvalue weighted by atomic mass is 32.1. The predicted octanol–water partition coefficient (Wildman–Crippen LogP) is 2.94. The molecule has 1 aliphatic carbocycles. The second kappa shape index (κ2) is 6.58. The van der Waals surface area contributed by atoms with Gasteiger partial charge in [-0.25, -0.2) is 4.98 Å². The van der Waals surface area contributed by atoms with E-state index in [4.69, 9.17) is 0 Å². The Kier molecular flexibility index (Phi) is 4.55. The van der Waals surface area contributed by atoms with Crippen LogP contribution < -0.4 is 10.6 Å². The number of fused-ring (bicyclic) bond motifs is 1. The van der Waals surface area contributed by atoms with E-state index in [1.807, 2.05) is 12.4 Å². The summed E-state index contributed by atoms with van der Waals surface area (Å²) in [6.07, 6.45) is 4.84. The van der Waals surface area contributed by atoms with Crippen molar-refractivity contribution < 1.29 is 5.11 Å². The smallest absolute Gasteiger partial charge is 0.225 e. The average Bonchev–Trinajstić information content (AvgIpc) is 3.01. The molecule has 6 heteroatoms. The van der Waals surface area contributed by atoms with E-state index in [-0.39, 0.29) is 0 Å². The molecule has 0 amide bonds. The molecule has 5 nitrogen and oxygen atoms in total. The Morgan fingerprint density at radius 2 is 2.10 bits per heavy atom. The lowest BCUT2D eigenvalue weighted by atomic mass is 9.79. The zero-order valence-electron chi connectivity index (χ0n) is 12.3. The van der Waals surface area contributed by atoms with Gasteiger partial charge >= 0.3 is 0 Å². The number of hydrogen-bond acceptors (Lipinski definition) is 6. The van der Waals surface area contributed by atoms with Crippen LogP contribution in [0.2, 0.25) is 0 Å². The molecule has 0 bridgehead atoms. The third kappa shape index (κ3) is 3.11. The third-order valence-corrected chi connectivity index (χ3v) is 5.19. The van der Waals surface area contributed by atoms with Crippen molar-refractivity contribution in [3.8, 4) is 0 Å². The molecule has 1 aliphatic rings. The van der Waals surface area contributed by atoms with Gasteiger partial charge in [0.1, 0.15) is 10.6 Å². The van der Waals surface area contributed by atoms with E-state index >= 15 is 0 Å². The minimum absolute atomic E-state index is 0.297. The molecular formula is C15H22N4OS. The van der Waals surface area contributed by atoms with E-state index in [0.29, 0.717) is 24.4 Å². The van der Waals surface area contributed by atoms with Crippen molar-refractivity contribution >= 4 is 33.3 Å². The summed E-state index contributed by atoms with van der Waals surface area (Å²) in [5.41, 5.74) is 0. The zero-order chi connectivity index (χ0) is 14.7. The highest BCUT2D eigenvalue weighted by Gasteiger charge is 2.24. The molecule has 3 rings (SSSR count). The summed E-state index contributed by atoms with van der Waals surface area (Å²) in [6.45, 7) is 1.17. The fraction of sp³-hybridized carbons (Fsp3) is 0.600. The lowest BCUT2D eigenvalue weighted by molar-refractivity contribution is 0.141. The number of nitrogens with one attached hydrogen (secondary N) is 2. The zero-order valence-corrected chi connectivity index (χ0v) is 13.1. The molecule has 0 aliphatic heterocycles. The summed E-state index contributed by atoms with van der Waals surface area (Å²) in [6, 6.07) is 2.06. The summed E-state index contributed by atoms with van der Waals surface area (Å²) in [7, 11) is 1.83. The van der Waals surface area contributed by atoms with E-state index in [1.165, 1.54) is 19.3 Å². The fourth-order valence-electron chi connectivity index (χ4n) is 3.12. The van der Waals surface area contributed by atoms with Crippen molar-refractivity contribution in [3.05, 3.63) is 11.4 Å². The Bertz CT molecular complexity index is 600. The molecule has 1 saturated carbocycles. The van der Waals surface area contributed by atoms with Gasteiger partial charge in [-0.3, -0.25) is 0 Å². The van der Waals surface area contributed by atoms with Crippen LogP contribution in [0.3, 0.4) is 0 Å². The van der Waals surface area contributed by atoms with Gasteiger partial charge in [0.2, 0.25) is 5.95 Å². The summed E-state index contributed by atoms with van der Waals surface area (Å²) < 4.78 is 0. The largest absolute Gasteiger partial charge is 0.396 e. The van der Waals surface area contributed by atoms with Crippen LogP contribution >= 0.6 is 11.3 Å². The number of hydrogen-bond donors (Lipinski definition) is 3. The molecule has 3 N–H and O–H groups in total. The van der Waals surface area contributed by atoms with Gasteiger partial charge < -0.3 is 15.7 Å².